The van der Waals surface area contributed by atoms with E-state index in [1.807, 2.05) is 0 Å². The van der Waals surface area contributed by atoms with Crippen molar-refractivity contribution in [1.82, 2.24) is 0 Å². The van der Waals surface area contributed by atoms with Crippen molar-refractivity contribution in [3.63, 3.8) is 0 Å². The normalized spacial score (nSPS) is 30.8. The molecule has 2 aromatic carbocycles. The largest absolute Gasteiger partial charge is 4.00 e. The van der Waals surface area contributed by atoms with Gasteiger partial charge in [-0.15, -0.1) is 0 Å². The van der Waals surface area contributed by atoms with Gasteiger partial charge in [0.15, 0.2) is 0 Å². The van der Waals surface area contributed by atoms with Gasteiger partial charge >= 0.3 is 21.7 Å². The number of rotatable bonds is 3. The van der Waals surface area contributed by atoms with E-state index in [2.05, 4.69) is 76.2 Å². The Morgan fingerprint density at radius 2 is 0.793 bits per heavy atom. The summed E-state index contributed by atoms with van der Waals surface area (Å²) >= 11 is 0. The molecule has 0 saturated heterocycles. The molecule has 4 rings (SSSR count). The summed E-state index contributed by atoms with van der Waals surface area (Å²) in [6.07, 6.45) is 5.38. The second-order valence-electron chi connectivity index (χ2n) is 9.42. The molecular formula is C28H40Ti+2. The van der Waals surface area contributed by atoms with Crippen LogP contribution in [0.3, 0.4) is 0 Å². The number of hydrogen-bond acceptors (Lipinski definition) is 0. The minimum Gasteiger partial charge on any atom is -0.358 e. The van der Waals surface area contributed by atoms with E-state index in [4.69, 9.17) is 0 Å². The van der Waals surface area contributed by atoms with E-state index in [0.717, 1.165) is 35.5 Å². The van der Waals surface area contributed by atoms with Gasteiger partial charge in [-0.3, -0.25) is 0 Å². The Balaban J connectivity index is 0.00000140. The van der Waals surface area contributed by atoms with Crippen LogP contribution in [0.5, 0.6) is 0 Å². The zero-order chi connectivity index (χ0) is 18.3. The van der Waals surface area contributed by atoms with Crippen molar-refractivity contribution in [2.24, 2.45) is 23.7 Å². The van der Waals surface area contributed by atoms with E-state index in [-0.39, 0.29) is 36.6 Å². The molecule has 0 heterocycles. The molecule has 2 aromatic rings. The summed E-state index contributed by atoms with van der Waals surface area (Å²) in [5, 5.41) is 0. The van der Waals surface area contributed by atoms with Gasteiger partial charge in [-0.2, -0.15) is 0 Å². The van der Waals surface area contributed by atoms with Crippen molar-refractivity contribution in [3.8, 4) is 11.1 Å². The van der Waals surface area contributed by atoms with Crippen LogP contribution in [0.2, 0.25) is 0 Å². The summed E-state index contributed by atoms with van der Waals surface area (Å²) in [5.41, 5.74) is 6.19. The Morgan fingerprint density at radius 3 is 1.10 bits per heavy atom. The van der Waals surface area contributed by atoms with Crippen molar-refractivity contribution in [1.29, 1.82) is 0 Å². The van der Waals surface area contributed by atoms with E-state index in [9.17, 15) is 0 Å². The maximum atomic E-state index is 2.43. The first-order valence-corrected chi connectivity index (χ1v) is 10.7. The molecule has 4 atom stereocenters. The first kappa shape index (κ1) is 26.2. The van der Waals surface area contributed by atoms with E-state index in [1.54, 1.807) is 11.1 Å². The van der Waals surface area contributed by atoms with Crippen LogP contribution < -0.4 is 0 Å². The summed E-state index contributed by atoms with van der Waals surface area (Å²) < 4.78 is 0. The van der Waals surface area contributed by atoms with Crippen LogP contribution in [0, 0.1) is 38.5 Å². The molecule has 4 unspecified atom stereocenters. The van der Waals surface area contributed by atoms with E-state index in [1.165, 1.54) is 36.8 Å². The van der Waals surface area contributed by atoms with Gasteiger partial charge < -0.3 is 14.9 Å². The van der Waals surface area contributed by atoms with Gasteiger partial charge in [-0.25, -0.2) is 0 Å². The minimum absolute atomic E-state index is 0. The van der Waals surface area contributed by atoms with E-state index >= 15 is 0 Å². The number of hydrogen-bond donors (Lipinski definition) is 0. The average molecular weight is 424 g/mol. The molecule has 2 aliphatic rings. The summed E-state index contributed by atoms with van der Waals surface area (Å²) in [4.78, 5) is 0. The summed E-state index contributed by atoms with van der Waals surface area (Å²) in [6.45, 7) is 9.73. The summed E-state index contributed by atoms with van der Waals surface area (Å²) in [6, 6.07) is 18.5. The van der Waals surface area contributed by atoms with E-state index < -0.39 is 0 Å². The standard InChI is InChI=1S/C26H34.2CH3.Ti/c1-17-13-21(14-18(17)2)23-9-5-7-11-25(23)26-12-8-6-10-24(26)22-15-19(3)20(4)16-22;;;/h5-12,17-22H,13-16H2,1-4H3;2*1H3;/q;2*-1;+4. The third kappa shape index (κ3) is 5.26. The fourth-order valence-corrected chi connectivity index (χ4v) is 5.62. The van der Waals surface area contributed by atoms with Gasteiger partial charge in [-0.1, -0.05) is 76.2 Å². The average Bonchev–Trinajstić information content (AvgIpc) is 3.17. The molecule has 0 aromatic heterocycles. The van der Waals surface area contributed by atoms with Crippen LogP contribution in [-0.2, 0) is 21.7 Å². The molecule has 29 heavy (non-hydrogen) atoms. The van der Waals surface area contributed by atoms with Crippen molar-refractivity contribution in [2.75, 3.05) is 0 Å². The Hall–Kier alpha value is -0.846. The predicted molar refractivity (Wildman–Crippen MR) is 125 cm³/mol. The van der Waals surface area contributed by atoms with Crippen LogP contribution in [-0.4, -0.2) is 0 Å². The van der Waals surface area contributed by atoms with Crippen molar-refractivity contribution >= 4 is 0 Å². The molecule has 154 valence electrons. The molecule has 0 bridgehead atoms. The maximum Gasteiger partial charge on any atom is 4.00 e. The van der Waals surface area contributed by atoms with Gasteiger partial charge in [0, 0.05) is 0 Å². The third-order valence-electron chi connectivity index (χ3n) is 7.66. The Labute approximate surface area is 195 Å². The second-order valence-corrected chi connectivity index (χ2v) is 9.42. The molecule has 2 fully saturated rings. The van der Waals surface area contributed by atoms with Gasteiger partial charge in [0.1, 0.15) is 0 Å². The van der Waals surface area contributed by atoms with Gasteiger partial charge in [0.2, 0.25) is 0 Å². The Morgan fingerprint density at radius 1 is 0.517 bits per heavy atom. The Bertz CT molecular complexity index is 679. The minimum atomic E-state index is 0. The van der Waals surface area contributed by atoms with Gasteiger partial charge in [0.05, 0.1) is 0 Å². The monoisotopic (exact) mass is 424 g/mol. The molecule has 2 aliphatic carbocycles. The molecule has 0 nitrogen and oxygen atoms in total. The van der Waals surface area contributed by atoms with Crippen LogP contribution in [0.1, 0.15) is 76.3 Å². The molecular weight excluding hydrogens is 384 g/mol. The van der Waals surface area contributed by atoms with E-state index in [0.29, 0.717) is 0 Å². The molecule has 0 amide bonds. The van der Waals surface area contributed by atoms with Crippen molar-refractivity contribution < 1.29 is 21.7 Å². The molecule has 0 aliphatic heterocycles. The summed E-state index contributed by atoms with van der Waals surface area (Å²) in [5.74, 6) is 4.84. The topological polar surface area (TPSA) is 0 Å². The molecule has 0 spiro atoms. The zero-order valence-corrected chi connectivity index (χ0v) is 21.0. The smallest absolute Gasteiger partial charge is 0.358 e. The first-order chi connectivity index (χ1) is 12.5. The molecule has 2 saturated carbocycles. The fourth-order valence-electron chi connectivity index (χ4n) is 5.62. The van der Waals surface area contributed by atoms with Crippen LogP contribution in [0.4, 0.5) is 0 Å². The first-order valence-electron chi connectivity index (χ1n) is 10.7. The maximum absolute atomic E-state index is 2.43. The van der Waals surface area contributed by atoms with Gasteiger partial charge in [-0.05, 0) is 83.4 Å². The second kappa shape index (κ2) is 11.0. The zero-order valence-electron chi connectivity index (χ0n) is 19.4. The third-order valence-corrected chi connectivity index (χ3v) is 7.66. The fraction of sp³-hybridized carbons (Fsp3) is 0.500. The van der Waals surface area contributed by atoms with Crippen LogP contribution in [0.15, 0.2) is 48.5 Å². The van der Waals surface area contributed by atoms with Crippen molar-refractivity contribution in [2.45, 2.75) is 65.2 Å². The Kier molecular flexibility index (Phi) is 9.90. The van der Waals surface area contributed by atoms with Crippen molar-refractivity contribution in [3.05, 3.63) is 74.5 Å². The molecule has 0 N–H and O–H groups in total. The quantitative estimate of drug-likeness (QED) is 0.342. The van der Waals surface area contributed by atoms with Gasteiger partial charge in [0.25, 0.3) is 0 Å². The molecule has 0 radical (unpaired) electrons. The predicted octanol–water partition coefficient (Wildman–Crippen LogP) is 8.55. The number of benzene rings is 2. The summed E-state index contributed by atoms with van der Waals surface area (Å²) in [7, 11) is 0. The molecule has 1 heteroatoms. The van der Waals surface area contributed by atoms with Crippen LogP contribution >= 0.6 is 0 Å². The van der Waals surface area contributed by atoms with Crippen LogP contribution in [0.25, 0.3) is 11.1 Å². The SMILES string of the molecule is CC1CC(c2ccccc2-c2ccccc2C2CC(C)C(C)C2)CC1C.[CH3-].[CH3-].[Ti+4].